The zero-order valence-electron chi connectivity index (χ0n) is 17.1. The molecular formula is C19H39N5O. The summed E-state index contributed by atoms with van der Waals surface area (Å²) in [6.45, 7) is 14.6. The summed E-state index contributed by atoms with van der Waals surface area (Å²) in [5, 5.41) is 7.14. The maximum Gasteiger partial charge on any atom is 0.191 e. The number of hydrogen-bond donors (Lipinski definition) is 2. The van der Waals surface area contributed by atoms with Gasteiger partial charge in [0.2, 0.25) is 0 Å². The lowest BCUT2D eigenvalue weighted by Gasteiger charge is -2.41. The molecule has 0 aliphatic carbocycles. The number of likely N-dealkylation sites (tertiary alicyclic amines) is 1. The van der Waals surface area contributed by atoms with Crippen molar-refractivity contribution in [3.05, 3.63) is 0 Å². The third-order valence-corrected chi connectivity index (χ3v) is 5.94. The molecule has 0 aromatic carbocycles. The number of ether oxygens (including phenoxy) is 1. The lowest BCUT2D eigenvalue weighted by molar-refractivity contribution is -0.00255. The minimum Gasteiger partial charge on any atom is -0.381 e. The Bertz CT molecular complexity index is 432. The monoisotopic (exact) mass is 353 g/mol. The number of rotatable bonds is 6. The molecule has 2 atom stereocenters. The molecule has 2 unspecified atom stereocenters. The van der Waals surface area contributed by atoms with Gasteiger partial charge in [0.25, 0.3) is 0 Å². The molecule has 2 aliphatic rings. The zero-order valence-corrected chi connectivity index (χ0v) is 17.1. The summed E-state index contributed by atoms with van der Waals surface area (Å²) in [7, 11) is 4.33. The van der Waals surface area contributed by atoms with Gasteiger partial charge in [0.1, 0.15) is 0 Å². The van der Waals surface area contributed by atoms with E-state index < -0.39 is 0 Å². The van der Waals surface area contributed by atoms with Crippen LogP contribution in [-0.4, -0.2) is 86.9 Å². The summed E-state index contributed by atoms with van der Waals surface area (Å²) in [6, 6.07) is 1.07. The summed E-state index contributed by atoms with van der Waals surface area (Å²) in [6.07, 6.45) is 2.09. The van der Waals surface area contributed by atoms with Crippen LogP contribution in [0.1, 0.15) is 40.5 Å². The molecule has 2 heterocycles. The van der Waals surface area contributed by atoms with Crippen molar-refractivity contribution in [1.29, 1.82) is 0 Å². The normalized spacial score (nSPS) is 27.9. The van der Waals surface area contributed by atoms with Crippen molar-refractivity contribution in [2.45, 2.75) is 58.2 Å². The van der Waals surface area contributed by atoms with Crippen LogP contribution in [0.2, 0.25) is 0 Å². The fourth-order valence-corrected chi connectivity index (χ4v) is 3.83. The lowest BCUT2D eigenvalue weighted by Crippen LogP contribution is -2.52. The van der Waals surface area contributed by atoms with Crippen LogP contribution in [0.5, 0.6) is 0 Å². The molecule has 0 spiro atoms. The molecule has 2 saturated heterocycles. The Balaban J connectivity index is 2.02. The number of nitrogens with one attached hydrogen (secondary N) is 2. The Morgan fingerprint density at radius 2 is 1.96 bits per heavy atom. The molecule has 0 aromatic rings. The fraction of sp³-hybridized carbons (Fsp3) is 0.947. The highest BCUT2D eigenvalue weighted by Crippen LogP contribution is 2.26. The summed E-state index contributed by atoms with van der Waals surface area (Å²) in [5.41, 5.74) is 0.117. The zero-order chi connectivity index (χ0) is 18.4. The van der Waals surface area contributed by atoms with Crippen molar-refractivity contribution >= 4 is 5.96 Å². The number of guanidine groups is 1. The SMILES string of the molecule is CCNC(=NCC1(N(C)C)CCOCC1)NC1CN(C(C)C)CC1C. The van der Waals surface area contributed by atoms with Crippen molar-refractivity contribution in [2.24, 2.45) is 10.9 Å². The molecule has 6 nitrogen and oxygen atoms in total. The third-order valence-electron chi connectivity index (χ3n) is 5.94. The van der Waals surface area contributed by atoms with Crippen LogP contribution in [0.25, 0.3) is 0 Å². The van der Waals surface area contributed by atoms with Gasteiger partial charge in [-0.2, -0.15) is 0 Å². The Morgan fingerprint density at radius 3 is 2.48 bits per heavy atom. The quantitative estimate of drug-likeness (QED) is 0.558. The van der Waals surface area contributed by atoms with Crippen molar-refractivity contribution in [3.8, 4) is 0 Å². The molecule has 25 heavy (non-hydrogen) atoms. The molecule has 2 rings (SSSR count). The minimum atomic E-state index is 0.117. The van der Waals surface area contributed by atoms with Gasteiger partial charge in [0.05, 0.1) is 6.54 Å². The van der Waals surface area contributed by atoms with Gasteiger partial charge in [0, 0.05) is 50.5 Å². The average molecular weight is 354 g/mol. The van der Waals surface area contributed by atoms with E-state index in [-0.39, 0.29) is 5.54 Å². The lowest BCUT2D eigenvalue weighted by atomic mass is 9.89. The van der Waals surface area contributed by atoms with Crippen LogP contribution in [0.3, 0.4) is 0 Å². The second kappa shape index (κ2) is 9.19. The van der Waals surface area contributed by atoms with Crippen molar-refractivity contribution < 1.29 is 4.74 Å². The first-order valence-corrected chi connectivity index (χ1v) is 9.92. The summed E-state index contributed by atoms with van der Waals surface area (Å²) in [5.74, 6) is 1.59. The summed E-state index contributed by atoms with van der Waals surface area (Å²) < 4.78 is 5.57. The smallest absolute Gasteiger partial charge is 0.191 e. The van der Waals surface area contributed by atoms with Crippen LogP contribution in [0.4, 0.5) is 0 Å². The number of aliphatic imine (C=N–C) groups is 1. The third kappa shape index (κ3) is 5.31. The largest absolute Gasteiger partial charge is 0.381 e. The number of likely N-dealkylation sites (N-methyl/N-ethyl adjacent to an activating group) is 1. The number of nitrogens with zero attached hydrogens (tertiary/aromatic N) is 3. The van der Waals surface area contributed by atoms with Gasteiger partial charge in [-0.25, -0.2) is 0 Å². The van der Waals surface area contributed by atoms with Gasteiger partial charge in [-0.15, -0.1) is 0 Å². The van der Waals surface area contributed by atoms with E-state index in [1.807, 2.05) is 0 Å². The van der Waals surface area contributed by atoms with Crippen LogP contribution in [0.15, 0.2) is 4.99 Å². The molecule has 2 N–H and O–H groups in total. The van der Waals surface area contributed by atoms with E-state index in [4.69, 9.17) is 9.73 Å². The molecule has 0 bridgehead atoms. The van der Waals surface area contributed by atoms with E-state index in [1.165, 1.54) is 0 Å². The Labute approximate surface area is 154 Å². The molecule has 2 aliphatic heterocycles. The van der Waals surface area contributed by atoms with E-state index in [9.17, 15) is 0 Å². The van der Waals surface area contributed by atoms with Gasteiger partial charge in [-0.05, 0) is 53.6 Å². The number of hydrogen-bond acceptors (Lipinski definition) is 4. The van der Waals surface area contributed by atoms with E-state index in [1.54, 1.807) is 0 Å². The summed E-state index contributed by atoms with van der Waals surface area (Å²) >= 11 is 0. The van der Waals surface area contributed by atoms with E-state index in [0.29, 0.717) is 18.0 Å². The van der Waals surface area contributed by atoms with Gasteiger partial charge >= 0.3 is 0 Å². The average Bonchev–Trinajstić information content (AvgIpc) is 2.95. The van der Waals surface area contributed by atoms with Crippen LogP contribution >= 0.6 is 0 Å². The molecule has 0 aromatic heterocycles. The standard InChI is InChI=1S/C19H39N5O/c1-7-20-18(22-17-13-24(15(2)3)12-16(17)4)21-14-19(23(5)6)8-10-25-11-9-19/h15-17H,7-14H2,1-6H3,(H2,20,21,22). The predicted molar refractivity (Wildman–Crippen MR) is 105 cm³/mol. The Morgan fingerprint density at radius 1 is 1.28 bits per heavy atom. The molecule has 0 saturated carbocycles. The van der Waals surface area contributed by atoms with Crippen molar-refractivity contribution in [2.75, 3.05) is 53.5 Å². The fourth-order valence-electron chi connectivity index (χ4n) is 3.83. The highest BCUT2D eigenvalue weighted by Gasteiger charge is 2.35. The first kappa shape index (κ1) is 20.5. The van der Waals surface area contributed by atoms with Crippen molar-refractivity contribution in [3.63, 3.8) is 0 Å². The van der Waals surface area contributed by atoms with E-state index >= 15 is 0 Å². The highest BCUT2D eigenvalue weighted by atomic mass is 16.5. The second-order valence-corrected chi connectivity index (χ2v) is 8.20. The first-order chi connectivity index (χ1) is 11.9. The van der Waals surface area contributed by atoms with Gasteiger partial charge in [-0.3, -0.25) is 9.89 Å². The summed E-state index contributed by atoms with van der Waals surface area (Å²) in [4.78, 5) is 9.86. The van der Waals surface area contributed by atoms with E-state index in [0.717, 1.165) is 58.2 Å². The predicted octanol–water partition coefficient (Wildman–Crippen LogP) is 1.38. The topological polar surface area (TPSA) is 52.1 Å². The van der Waals surface area contributed by atoms with E-state index in [2.05, 4.69) is 62.2 Å². The van der Waals surface area contributed by atoms with Gasteiger partial charge in [0.15, 0.2) is 5.96 Å². The molecule has 6 heteroatoms. The molecule has 146 valence electrons. The van der Waals surface area contributed by atoms with Crippen LogP contribution in [-0.2, 0) is 4.74 Å². The van der Waals surface area contributed by atoms with Gasteiger partial charge < -0.3 is 20.3 Å². The first-order valence-electron chi connectivity index (χ1n) is 9.92. The van der Waals surface area contributed by atoms with Crippen LogP contribution < -0.4 is 10.6 Å². The molecule has 0 radical (unpaired) electrons. The Hall–Kier alpha value is -0.850. The molecular weight excluding hydrogens is 314 g/mol. The van der Waals surface area contributed by atoms with Crippen LogP contribution in [0, 0.1) is 5.92 Å². The van der Waals surface area contributed by atoms with Gasteiger partial charge in [-0.1, -0.05) is 6.92 Å². The molecule has 2 fully saturated rings. The maximum absolute atomic E-state index is 5.57. The maximum atomic E-state index is 5.57. The van der Waals surface area contributed by atoms with Crippen molar-refractivity contribution in [1.82, 2.24) is 20.4 Å². The second-order valence-electron chi connectivity index (χ2n) is 8.20. The minimum absolute atomic E-state index is 0.117. The highest BCUT2D eigenvalue weighted by molar-refractivity contribution is 5.80. The molecule has 0 amide bonds. The Kier molecular flexibility index (Phi) is 7.52.